The van der Waals surface area contributed by atoms with Gasteiger partial charge in [-0.1, -0.05) is 156 Å². The van der Waals surface area contributed by atoms with Crippen LogP contribution in [0.15, 0.2) is 97.2 Å². The normalized spacial score (nSPS) is 27.4. The van der Waals surface area contributed by atoms with Crippen LogP contribution in [0.2, 0.25) is 0 Å². The topological polar surface area (TPSA) is 228 Å². The molecule has 67 heavy (non-hydrogen) atoms. The van der Waals surface area contributed by atoms with E-state index >= 15 is 0 Å². The highest BCUT2D eigenvalue weighted by molar-refractivity contribution is 5.76. The first-order chi connectivity index (χ1) is 32.6. The van der Waals surface area contributed by atoms with Crippen molar-refractivity contribution in [3.63, 3.8) is 0 Å². The first-order valence-corrected chi connectivity index (χ1v) is 25.0. The van der Waals surface area contributed by atoms with Crippen molar-refractivity contribution in [2.24, 2.45) is 0 Å². The van der Waals surface area contributed by atoms with E-state index in [-0.39, 0.29) is 18.9 Å². The van der Waals surface area contributed by atoms with Crippen LogP contribution in [0.5, 0.6) is 0 Å². The minimum absolute atomic E-state index is 0.195. The second-order valence-corrected chi connectivity index (χ2v) is 17.2. The van der Waals surface area contributed by atoms with Crippen LogP contribution in [0.1, 0.15) is 136 Å². The number of aliphatic hydroxyl groups excluding tert-OH is 8. The third-order valence-electron chi connectivity index (χ3n) is 11.5. The molecular formula is C53H87NO13. The third-order valence-corrected chi connectivity index (χ3v) is 11.5. The van der Waals surface area contributed by atoms with Gasteiger partial charge in [-0.05, 0) is 70.6 Å². The van der Waals surface area contributed by atoms with Crippen molar-refractivity contribution >= 4 is 5.91 Å². The van der Waals surface area contributed by atoms with Gasteiger partial charge in [0, 0.05) is 6.42 Å². The van der Waals surface area contributed by atoms with Crippen molar-refractivity contribution in [1.82, 2.24) is 5.32 Å². The highest BCUT2D eigenvalue weighted by Crippen LogP contribution is 2.30. The van der Waals surface area contributed by atoms with Crippen LogP contribution in [-0.2, 0) is 23.7 Å². The highest BCUT2D eigenvalue weighted by Gasteiger charge is 2.51. The van der Waals surface area contributed by atoms with Crippen molar-refractivity contribution in [3.05, 3.63) is 97.2 Å². The van der Waals surface area contributed by atoms with Crippen LogP contribution < -0.4 is 5.32 Å². The zero-order valence-corrected chi connectivity index (χ0v) is 40.3. The van der Waals surface area contributed by atoms with Crippen LogP contribution >= 0.6 is 0 Å². The molecule has 0 spiro atoms. The number of amides is 1. The molecule has 0 saturated carbocycles. The molecular weight excluding hydrogens is 859 g/mol. The average molecular weight is 946 g/mol. The maximum Gasteiger partial charge on any atom is 0.220 e. The van der Waals surface area contributed by atoms with Gasteiger partial charge in [-0.3, -0.25) is 4.79 Å². The van der Waals surface area contributed by atoms with Crippen molar-refractivity contribution in [1.29, 1.82) is 0 Å². The lowest BCUT2D eigenvalue weighted by Crippen LogP contribution is -2.65. The summed E-state index contributed by atoms with van der Waals surface area (Å²) >= 11 is 0. The number of ether oxygens (including phenoxy) is 4. The Labute approximate surface area is 401 Å². The summed E-state index contributed by atoms with van der Waals surface area (Å²) in [5.74, 6) is -0.305. The molecule has 2 fully saturated rings. The summed E-state index contributed by atoms with van der Waals surface area (Å²) in [6.07, 6.45) is 34.6. The van der Waals surface area contributed by atoms with Gasteiger partial charge in [0.1, 0.15) is 48.8 Å². The summed E-state index contributed by atoms with van der Waals surface area (Å²) in [7, 11) is 0. The number of nitrogens with one attached hydrogen (secondary N) is 1. The summed E-state index contributed by atoms with van der Waals surface area (Å²) in [5.41, 5.74) is 0. The van der Waals surface area contributed by atoms with E-state index in [1.54, 1.807) is 6.08 Å². The van der Waals surface area contributed by atoms with Crippen LogP contribution in [0.4, 0.5) is 0 Å². The van der Waals surface area contributed by atoms with Gasteiger partial charge < -0.3 is 65.1 Å². The van der Waals surface area contributed by atoms with E-state index in [0.717, 1.165) is 70.6 Å². The van der Waals surface area contributed by atoms with Crippen LogP contribution in [-0.4, -0.2) is 140 Å². The maximum atomic E-state index is 13.1. The first-order valence-electron chi connectivity index (χ1n) is 25.0. The molecule has 0 bridgehead atoms. The van der Waals surface area contributed by atoms with E-state index < -0.39 is 86.8 Å². The van der Waals surface area contributed by atoms with Gasteiger partial charge in [0.05, 0.1) is 32.0 Å². The maximum absolute atomic E-state index is 13.1. The Bertz CT molecular complexity index is 1490. The minimum Gasteiger partial charge on any atom is -0.394 e. The molecule has 0 radical (unpaired) electrons. The number of carbonyl (C=O) groups is 1. The van der Waals surface area contributed by atoms with Gasteiger partial charge in [0.2, 0.25) is 5.91 Å². The predicted molar refractivity (Wildman–Crippen MR) is 262 cm³/mol. The number of hydrogen-bond donors (Lipinski definition) is 9. The van der Waals surface area contributed by atoms with Crippen molar-refractivity contribution in [2.45, 2.75) is 209 Å². The van der Waals surface area contributed by atoms with E-state index in [2.05, 4.69) is 98.2 Å². The van der Waals surface area contributed by atoms with Crippen LogP contribution in [0.25, 0.3) is 0 Å². The summed E-state index contributed by atoms with van der Waals surface area (Å²) in [5, 5.41) is 86.5. The molecule has 0 aromatic rings. The Kier molecular flexibility index (Phi) is 34.7. The SMILES string of the molecule is CC/C=C\C/C=C\C/C=C\C/C=C\C/C=C\C/C=C\C/C=C\CCCC(=O)NC(COC1OC(CO)C(OC2OC(CO)C(O)C(O)C2O)C(O)C1O)C(O)/C=C/CCCCCCCCCC. The molecule has 2 saturated heterocycles. The lowest BCUT2D eigenvalue weighted by Gasteiger charge is -2.46. The predicted octanol–water partition coefficient (Wildman–Crippen LogP) is 6.37. The van der Waals surface area contributed by atoms with E-state index in [1.807, 2.05) is 12.2 Å². The average Bonchev–Trinajstić information content (AvgIpc) is 3.32. The van der Waals surface area contributed by atoms with Gasteiger partial charge in [-0.25, -0.2) is 0 Å². The third kappa shape index (κ3) is 25.9. The largest absolute Gasteiger partial charge is 0.394 e. The molecule has 9 N–H and O–H groups in total. The quantitative estimate of drug-likeness (QED) is 0.0246. The lowest BCUT2D eigenvalue weighted by molar-refractivity contribution is -0.359. The number of aliphatic hydroxyl groups is 8. The van der Waals surface area contributed by atoms with Gasteiger partial charge >= 0.3 is 0 Å². The molecule has 2 aliphatic heterocycles. The lowest BCUT2D eigenvalue weighted by atomic mass is 9.97. The molecule has 14 heteroatoms. The first kappa shape index (κ1) is 60.0. The summed E-state index contributed by atoms with van der Waals surface area (Å²) in [6.45, 7) is 2.57. The second kappa shape index (κ2) is 38.7. The fraction of sp³-hybridized carbons (Fsp3) is 0.679. The van der Waals surface area contributed by atoms with Crippen molar-refractivity contribution in [2.75, 3.05) is 19.8 Å². The number of hydrogen-bond acceptors (Lipinski definition) is 13. The Balaban J connectivity index is 1.84. The van der Waals surface area contributed by atoms with Crippen molar-refractivity contribution in [3.8, 4) is 0 Å². The second-order valence-electron chi connectivity index (χ2n) is 17.2. The number of unbranched alkanes of at least 4 members (excludes halogenated alkanes) is 9. The van der Waals surface area contributed by atoms with Gasteiger partial charge in [-0.15, -0.1) is 0 Å². The molecule has 12 atom stereocenters. The van der Waals surface area contributed by atoms with E-state index in [0.29, 0.717) is 12.8 Å². The zero-order chi connectivity index (χ0) is 48.9. The molecule has 2 rings (SSSR count). The van der Waals surface area contributed by atoms with E-state index in [9.17, 15) is 45.6 Å². The summed E-state index contributed by atoms with van der Waals surface area (Å²) in [6, 6.07) is -0.949. The fourth-order valence-electron chi connectivity index (χ4n) is 7.45. The van der Waals surface area contributed by atoms with Gasteiger partial charge in [0.15, 0.2) is 12.6 Å². The Morgan fingerprint density at radius 2 is 1.03 bits per heavy atom. The number of rotatable bonds is 36. The summed E-state index contributed by atoms with van der Waals surface area (Å²) in [4.78, 5) is 13.1. The molecule has 382 valence electrons. The molecule has 1 amide bonds. The van der Waals surface area contributed by atoms with Gasteiger partial charge in [0.25, 0.3) is 0 Å². The molecule has 14 nitrogen and oxygen atoms in total. The minimum atomic E-state index is -1.80. The number of carbonyl (C=O) groups excluding carboxylic acids is 1. The highest BCUT2D eigenvalue weighted by atomic mass is 16.7. The zero-order valence-electron chi connectivity index (χ0n) is 40.3. The van der Waals surface area contributed by atoms with Crippen molar-refractivity contribution < 1.29 is 64.6 Å². The van der Waals surface area contributed by atoms with Crippen LogP contribution in [0, 0.1) is 0 Å². The fourth-order valence-corrected chi connectivity index (χ4v) is 7.45. The van der Waals surface area contributed by atoms with Gasteiger partial charge in [-0.2, -0.15) is 0 Å². The molecule has 0 aromatic carbocycles. The Hall–Kier alpha value is -3.09. The van der Waals surface area contributed by atoms with Crippen LogP contribution in [0.3, 0.4) is 0 Å². The number of allylic oxidation sites excluding steroid dienone is 15. The molecule has 2 aliphatic rings. The smallest absolute Gasteiger partial charge is 0.220 e. The van der Waals surface area contributed by atoms with E-state index in [4.69, 9.17) is 18.9 Å². The van der Waals surface area contributed by atoms with E-state index in [1.165, 1.54) is 32.1 Å². The Morgan fingerprint density at radius 3 is 1.57 bits per heavy atom. The monoisotopic (exact) mass is 946 g/mol. The standard InChI is InChI=1S/C53H87NO13/c1-3-5-7-9-11-13-15-16-17-18-19-20-21-22-23-24-25-26-27-29-31-33-35-37-45(58)54-41(42(57)36-34-32-30-28-14-12-10-8-6-4-2)40-64-52-50(63)48(61)51(44(39-56)66-52)67-53-49(62)47(60)46(59)43(38-55)65-53/h5,7,11,13,16-17,19-20,22-23,25-26,29,31,34,36,41-44,46-53,55-57,59-63H,3-4,6,8-10,12,14-15,18,21,24,27-28,30,32-33,35,37-40H2,1-2H3,(H,54,58)/b7-5-,13-11-,17-16-,20-19-,23-22-,26-25-,31-29-,36-34+. The summed E-state index contributed by atoms with van der Waals surface area (Å²) < 4.78 is 22.6. The molecule has 12 unspecified atom stereocenters. The Morgan fingerprint density at radius 1 is 0.552 bits per heavy atom. The molecule has 0 aromatic heterocycles. The molecule has 0 aliphatic carbocycles. The molecule has 2 heterocycles.